The van der Waals surface area contributed by atoms with Crippen molar-refractivity contribution in [2.24, 2.45) is 0 Å². The van der Waals surface area contributed by atoms with Gasteiger partial charge in [0.15, 0.2) is 6.29 Å². The summed E-state index contributed by atoms with van der Waals surface area (Å²) in [5.41, 5.74) is -0.128. The summed E-state index contributed by atoms with van der Waals surface area (Å²) in [5.74, 6) is 5.15. The Balaban J connectivity index is 2.41. The third-order valence-corrected chi connectivity index (χ3v) is 3.74. The minimum atomic E-state index is -1.14. The standard InChI is InChI=1S/C19H13Cl2NO5/c1-3-9-25-19(26-10-4-2)15-12-14(6-7-17(15)22(23)24)27-18-8-5-13(20)11-16(18)21/h1-2,5-8,11-12,19H,9-10H2. The zero-order chi connectivity index (χ0) is 19.8. The van der Waals surface area contributed by atoms with Gasteiger partial charge in [-0.15, -0.1) is 12.8 Å². The molecule has 0 fully saturated rings. The van der Waals surface area contributed by atoms with Crippen LogP contribution in [-0.2, 0) is 9.47 Å². The Kier molecular flexibility index (Phi) is 7.48. The van der Waals surface area contributed by atoms with Gasteiger partial charge in [-0.1, -0.05) is 35.0 Å². The normalized spacial score (nSPS) is 10.3. The van der Waals surface area contributed by atoms with Gasteiger partial charge in [0.25, 0.3) is 5.69 Å². The molecule has 0 radical (unpaired) electrons. The summed E-state index contributed by atoms with van der Waals surface area (Å²) in [6.45, 7) is -0.249. The molecule has 0 aromatic heterocycles. The molecule has 2 rings (SSSR count). The number of nitro groups is 1. The number of hydrogen-bond donors (Lipinski definition) is 0. The predicted molar refractivity (Wildman–Crippen MR) is 102 cm³/mol. The molecule has 0 unspecified atom stereocenters. The van der Waals surface area contributed by atoms with Crippen molar-refractivity contribution in [3.63, 3.8) is 0 Å². The molecule has 8 heteroatoms. The molecule has 0 saturated heterocycles. The zero-order valence-corrected chi connectivity index (χ0v) is 15.4. The average molecular weight is 406 g/mol. The molecule has 0 N–H and O–H groups in total. The van der Waals surface area contributed by atoms with Crippen molar-refractivity contribution >= 4 is 28.9 Å². The van der Waals surface area contributed by atoms with Gasteiger partial charge in [0.1, 0.15) is 24.7 Å². The number of nitro benzene ring substituents is 1. The van der Waals surface area contributed by atoms with Crippen LogP contribution in [0.15, 0.2) is 36.4 Å². The quantitative estimate of drug-likeness (QED) is 0.267. The van der Waals surface area contributed by atoms with Crippen LogP contribution in [-0.4, -0.2) is 18.1 Å². The maximum atomic E-state index is 11.4. The molecule has 138 valence electrons. The minimum Gasteiger partial charge on any atom is -0.456 e. The Hall–Kier alpha value is -2.74. The van der Waals surface area contributed by atoms with Crippen LogP contribution in [0.3, 0.4) is 0 Å². The Morgan fingerprint density at radius 1 is 1.07 bits per heavy atom. The molecular formula is C19H13Cl2NO5. The number of benzene rings is 2. The van der Waals surface area contributed by atoms with E-state index < -0.39 is 11.2 Å². The highest BCUT2D eigenvalue weighted by Gasteiger charge is 2.24. The Morgan fingerprint density at radius 2 is 1.74 bits per heavy atom. The smallest absolute Gasteiger partial charge is 0.277 e. The summed E-state index contributed by atoms with van der Waals surface area (Å²) >= 11 is 11.9. The van der Waals surface area contributed by atoms with Gasteiger partial charge >= 0.3 is 0 Å². The Morgan fingerprint density at radius 3 is 2.30 bits per heavy atom. The fourth-order valence-electron chi connectivity index (χ4n) is 2.11. The molecule has 2 aromatic carbocycles. The van der Waals surface area contributed by atoms with E-state index in [1.54, 1.807) is 12.1 Å². The molecule has 0 aliphatic carbocycles. The molecular weight excluding hydrogens is 393 g/mol. The maximum absolute atomic E-state index is 11.4. The fraction of sp³-hybridized carbons (Fsp3) is 0.158. The first kappa shape index (κ1) is 20.6. The first-order valence-corrected chi connectivity index (χ1v) is 8.23. The number of hydrogen-bond acceptors (Lipinski definition) is 5. The predicted octanol–water partition coefficient (Wildman–Crippen LogP) is 4.99. The van der Waals surface area contributed by atoms with Crippen molar-refractivity contribution < 1.29 is 19.1 Å². The van der Waals surface area contributed by atoms with Crippen molar-refractivity contribution in [2.75, 3.05) is 13.2 Å². The van der Waals surface area contributed by atoms with E-state index in [0.29, 0.717) is 10.8 Å². The van der Waals surface area contributed by atoms with E-state index in [1.807, 2.05) is 0 Å². The second-order valence-corrected chi connectivity index (χ2v) is 5.86. The highest BCUT2D eigenvalue weighted by Crippen LogP contribution is 2.36. The third-order valence-electron chi connectivity index (χ3n) is 3.21. The van der Waals surface area contributed by atoms with E-state index in [2.05, 4.69) is 11.8 Å². The highest BCUT2D eigenvalue weighted by molar-refractivity contribution is 6.35. The first-order valence-electron chi connectivity index (χ1n) is 7.47. The van der Waals surface area contributed by atoms with Crippen molar-refractivity contribution in [2.45, 2.75) is 6.29 Å². The van der Waals surface area contributed by atoms with Crippen LogP contribution in [0.2, 0.25) is 10.0 Å². The van der Waals surface area contributed by atoms with Crippen molar-refractivity contribution in [1.82, 2.24) is 0 Å². The second-order valence-electron chi connectivity index (χ2n) is 5.02. The maximum Gasteiger partial charge on any atom is 0.277 e. The van der Waals surface area contributed by atoms with Gasteiger partial charge in [-0.3, -0.25) is 10.1 Å². The Bertz CT molecular complexity index is 899. The first-order chi connectivity index (χ1) is 13.0. The lowest BCUT2D eigenvalue weighted by atomic mass is 10.1. The molecule has 2 aromatic rings. The van der Waals surface area contributed by atoms with Crippen molar-refractivity contribution in [3.05, 3.63) is 62.1 Å². The molecule has 27 heavy (non-hydrogen) atoms. The molecule has 0 heterocycles. The van der Waals surface area contributed by atoms with E-state index in [0.717, 1.165) is 0 Å². The van der Waals surface area contributed by atoms with Crippen LogP contribution >= 0.6 is 23.2 Å². The largest absolute Gasteiger partial charge is 0.456 e. The van der Waals surface area contributed by atoms with Gasteiger partial charge in [0.05, 0.1) is 15.5 Å². The summed E-state index contributed by atoms with van der Waals surface area (Å²) in [5, 5.41) is 12.1. The molecule has 0 saturated carbocycles. The van der Waals surface area contributed by atoms with Gasteiger partial charge in [-0.25, -0.2) is 0 Å². The van der Waals surface area contributed by atoms with Gasteiger partial charge in [-0.2, -0.15) is 0 Å². The summed E-state index contributed by atoms with van der Waals surface area (Å²) < 4.78 is 16.4. The topological polar surface area (TPSA) is 70.8 Å². The summed E-state index contributed by atoms with van der Waals surface area (Å²) in [6, 6.07) is 8.78. The van der Waals surface area contributed by atoms with Crippen LogP contribution in [0.25, 0.3) is 0 Å². The summed E-state index contributed by atoms with van der Waals surface area (Å²) in [7, 11) is 0. The van der Waals surface area contributed by atoms with E-state index in [1.165, 1.54) is 24.3 Å². The van der Waals surface area contributed by atoms with E-state index in [9.17, 15) is 10.1 Å². The number of ether oxygens (including phenoxy) is 3. The number of rotatable bonds is 8. The highest BCUT2D eigenvalue weighted by atomic mass is 35.5. The number of terminal acetylenes is 2. The van der Waals surface area contributed by atoms with E-state index >= 15 is 0 Å². The lowest BCUT2D eigenvalue weighted by Gasteiger charge is -2.17. The van der Waals surface area contributed by atoms with E-state index in [-0.39, 0.29) is 35.2 Å². The second kappa shape index (κ2) is 9.82. The number of halogens is 2. The molecule has 0 bridgehead atoms. The fourth-order valence-corrected chi connectivity index (χ4v) is 2.56. The molecule has 6 nitrogen and oxygen atoms in total. The van der Waals surface area contributed by atoms with Crippen molar-refractivity contribution in [3.8, 4) is 36.2 Å². The van der Waals surface area contributed by atoms with Gasteiger partial charge < -0.3 is 14.2 Å². The number of nitrogens with zero attached hydrogens (tertiary/aromatic N) is 1. The summed E-state index contributed by atoms with van der Waals surface area (Å²) in [4.78, 5) is 10.8. The molecule has 0 aliphatic heterocycles. The Labute approximate surface area is 166 Å². The molecule has 0 amide bonds. The molecule has 0 atom stereocenters. The third kappa shape index (κ3) is 5.62. The monoisotopic (exact) mass is 405 g/mol. The molecule has 0 spiro atoms. The van der Waals surface area contributed by atoms with Crippen LogP contribution in [0.5, 0.6) is 11.5 Å². The minimum absolute atomic E-state index is 0.105. The van der Waals surface area contributed by atoms with Crippen LogP contribution in [0.1, 0.15) is 11.9 Å². The SMILES string of the molecule is C#CCOC(OCC#C)c1cc(Oc2ccc(Cl)cc2Cl)ccc1[N+](=O)[O-]. The summed E-state index contributed by atoms with van der Waals surface area (Å²) in [6.07, 6.45) is 9.24. The van der Waals surface area contributed by atoms with Crippen LogP contribution in [0, 0.1) is 34.8 Å². The van der Waals surface area contributed by atoms with Gasteiger partial charge in [0.2, 0.25) is 0 Å². The lowest BCUT2D eigenvalue weighted by Crippen LogP contribution is -2.12. The zero-order valence-electron chi connectivity index (χ0n) is 13.9. The average Bonchev–Trinajstić information content (AvgIpc) is 2.64. The van der Waals surface area contributed by atoms with E-state index in [4.69, 9.17) is 50.3 Å². The lowest BCUT2D eigenvalue weighted by molar-refractivity contribution is -0.387. The molecule has 0 aliphatic rings. The van der Waals surface area contributed by atoms with Gasteiger partial charge in [-0.05, 0) is 30.3 Å². The van der Waals surface area contributed by atoms with Crippen LogP contribution < -0.4 is 4.74 Å². The van der Waals surface area contributed by atoms with Crippen molar-refractivity contribution in [1.29, 1.82) is 0 Å². The van der Waals surface area contributed by atoms with Crippen LogP contribution in [0.4, 0.5) is 5.69 Å². The van der Waals surface area contributed by atoms with Gasteiger partial charge in [0, 0.05) is 11.1 Å².